The van der Waals surface area contributed by atoms with Gasteiger partial charge in [-0.05, 0) is 25.7 Å². The second-order valence-electron chi connectivity index (χ2n) is 7.61. The molecule has 0 rings (SSSR count). The summed E-state index contributed by atoms with van der Waals surface area (Å²) < 4.78 is 5.25. The largest absolute Gasteiger partial charge is 0.466 e. The minimum absolute atomic E-state index is 0.0990. The van der Waals surface area contributed by atoms with Gasteiger partial charge in [-0.25, -0.2) is 0 Å². The first-order valence-electron chi connectivity index (χ1n) is 11.4. The molecule has 0 aromatic rings. The topological polar surface area (TPSA) is 43.4 Å². The molecule has 0 atom stereocenters. The summed E-state index contributed by atoms with van der Waals surface area (Å²) in [5.41, 5.74) is 0. The number of carbonyl (C=O) groups is 2. The molecule has 0 aliphatic heterocycles. The van der Waals surface area contributed by atoms with Crippen molar-refractivity contribution in [2.24, 2.45) is 0 Å². The molecule has 0 bridgehead atoms. The van der Waals surface area contributed by atoms with Gasteiger partial charge in [-0.2, -0.15) is 0 Å². The number of carbonyl (C=O) groups excluding carboxylic acids is 2. The molecule has 0 saturated heterocycles. The van der Waals surface area contributed by atoms with E-state index in [4.69, 9.17) is 4.74 Å². The third-order valence-electron chi connectivity index (χ3n) is 4.91. The van der Waals surface area contributed by atoms with E-state index in [2.05, 4.69) is 13.8 Å². The minimum atomic E-state index is -0.0990. The molecular formula is C23H44O3. The van der Waals surface area contributed by atoms with Gasteiger partial charge in [0, 0.05) is 19.3 Å². The van der Waals surface area contributed by atoms with E-state index in [9.17, 15) is 9.59 Å². The summed E-state index contributed by atoms with van der Waals surface area (Å²) in [6.45, 7) is 5.00. The van der Waals surface area contributed by atoms with Gasteiger partial charge >= 0.3 is 5.97 Å². The van der Waals surface area contributed by atoms with Crippen LogP contribution in [0.2, 0.25) is 0 Å². The highest BCUT2D eigenvalue weighted by molar-refractivity contribution is 5.78. The zero-order valence-electron chi connectivity index (χ0n) is 17.7. The van der Waals surface area contributed by atoms with Gasteiger partial charge in [-0.3, -0.25) is 9.59 Å². The van der Waals surface area contributed by atoms with Crippen LogP contribution in [0.15, 0.2) is 0 Å². The summed E-state index contributed by atoms with van der Waals surface area (Å²) in [4.78, 5) is 23.5. The molecule has 0 unspecified atom stereocenters. The Kier molecular flexibility index (Phi) is 19.8. The lowest BCUT2D eigenvalue weighted by Gasteiger charge is -2.05. The monoisotopic (exact) mass is 368 g/mol. The second-order valence-corrected chi connectivity index (χ2v) is 7.61. The first kappa shape index (κ1) is 25.1. The van der Waals surface area contributed by atoms with Crippen molar-refractivity contribution < 1.29 is 14.3 Å². The fraction of sp³-hybridized carbons (Fsp3) is 0.913. The molecule has 0 spiro atoms. The van der Waals surface area contributed by atoms with Crippen LogP contribution in [-0.2, 0) is 14.3 Å². The van der Waals surface area contributed by atoms with E-state index in [0.717, 1.165) is 38.5 Å². The van der Waals surface area contributed by atoms with Gasteiger partial charge in [0.2, 0.25) is 0 Å². The third-order valence-corrected chi connectivity index (χ3v) is 4.91. The SMILES string of the molecule is CCCCCCCCCC(=O)CCCCC(=O)OCCCCCCCC. The Morgan fingerprint density at radius 3 is 1.54 bits per heavy atom. The predicted molar refractivity (Wildman–Crippen MR) is 110 cm³/mol. The van der Waals surface area contributed by atoms with Crippen LogP contribution in [0.3, 0.4) is 0 Å². The van der Waals surface area contributed by atoms with Gasteiger partial charge in [0.05, 0.1) is 6.61 Å². The summed E-state index contributed by atoms with van der Waals surface area (Å²) in [7, 11) is 0. The number of unbranched alkanes of at least 4 members (excludes halogenated alkanes) is 12. The van der Waals surface area contributed by atoms with Gasteiger partial charge in [-0.1, -0.05) is 84.5 Å². The maximum Gasteiger partial charge on any atom is 0.305 e. The zero-order chi connectivity index (χ0) is 19.3. The molecule has 0 aliphatic rings. The van der Waals surface area contributed by atoms with Crippen LogP contribution in [0.25, 0.3) is 0 Å². The van der Waals surface area contributed by atoms with Crippen molar-refractivity contribution in [3.63, 3.8) is 0 Å². The smallest absolute Gasteiger partial charge is 0.305 e. The van der Waals surface area contributed by atoms with E-state index in [0.29, 0.717) is 25.2 Å². The summed E-state index contributed by atoms with van der Waals surface area (Å²) in [6, 6.07) is 0. The van der Waals surface area contributed by atoms with Crippen molar-refractivity contribution in [1.29, 1.82) is 0 Å². The molecule has 0 saturated carbocycles. The van der Waals surface area contributed by atoms with Gasteiger partial charge in [0.25, 0.3) is 0 Å². The Hall–Kier alpha value is -0.860. The molecular weight excluding hydrogens is 324 g/mol. The molecule has 0 heterocycles. The molecule has 0 radical (unpaired) electrons. The van der Waals surface area contributed by atoms with E-state index in [1.165, 1.54) is 64.2 Å². The molecule has 3 nitrogen and oxygen atoms in total. The zero-order valence-corrected chi connectivity index (χ0v) is 17.7. The van der Waals surface area contributed by atoms with Gasteiger partial charge < -0.3 is 4.74 Å². The normalized spacial score (nSPS) is 10.8. The molecule has 0 amide bonds. The quantitative estimate of drug-likeness (QED) is 0.169. The van der Waals surface area contributed by atoms with Crippen LogP contribution in [0.5, 0.6) is 0 Å². The number of Topliss-reactive ketones (excluding diaryl/α,β-unsaturated/α-hetero) is 1. The fourth-order valence-electron chi connectivity index (χ4n) is 3.14. The Morgan fingerprint density at radius 1 is 0.538 bits per heavy atom. The summed E-state index contributed by atoms with van der Waals surface area (Å²) in [6.07, 6.45) is 19.4. The second kappa shape index (κ2) is 20.5. The number of rotatable bonds is 20. The van der Waals surface area contributed by atoms with E-state index in [1.807, 2.05) is 0 Å². The molecule has 0 aromatic heterocycles. The molecule has 26 heavy (non-hydrogen) atoms. The van der Waals surface area contributed by atoms with Crippen molar-refractivity contribution in [3.8, 4) is 0 Å². The predicted octanol–water partition coefficient (Wildman–Crippen LogP) is 7.16. The molecule has 0 N–H and O–H groups in total. The van der Waals surface area contributed by atoms with Crippen LogP contribution >= 0.6 is 0 Å². The summed E-state index contributed by atoms with van der Waals surface area (Å²) in [5.74, 6) is 0.261. The first-order valence-corrected chi connectivity index (χ1v) is 11.4. The van der Waals surface area contributed by atoms with Crippen molar-refractivity contribution in [2.45, 2.75) is 129 Å². The van der Waals surface area contributed by atoms with Crippen molar-refractivity contribution in [3.05, 3.63) is 0 Å². The maximum absolute atomic E-state index is 11.8. The molecule has 0 aromatic carbocycles. The molecule has 0 aliphatic carbocycles. The Morgan fingerprint density at radius 2 is 0.962 bits per heavy atom. The number of esters is 1. The van der Waals surface area contributed by atoms with Crippen molar-refractivity contribution in [2.75, 3.05) is 6.61 Å². The van der Waals surface area contributed by atoms with Crippen molar-refractivity contribution >= 4 is 11.8 Å². The lowest BCUT2D eigenvalue weighted by molar-refractivity contribution is -0.144. The number of hydrogen-bond acceptors (Lipinski definition) is 3. The number of ketones is 1. The number of ether oxygens (including phenoxy) is 1. The van der Waals surface area contributed by atoms with Crippen molar-refractivity contribution in [1.82, 2.24) is 0 Å². The maximum atomic E-state index is 11.8. The van der Waals surface area contributed by atoms with Gasteiger partial charge in [0.15, 0.2) is 0 Å². The Balaban J connectivity index is 3.31. The first-order chi connectivity index (χ1) is 12.7. The summed E-state index contributed by atoms with van der Waals surface area (Å²) in [5, 5.41) is 0. The highest BCUT2D eigenvalue weighted by atomic mass is 16.5. The highest BCUT2D eigenvalue weighted by Gasteiger charge is 2.05. The van der Waals surface area contributed by atoms with E-state index in [1.54, 1.807) is 0 Å². The van der Waals surface area contributed by atoms with E-state index in [-0.39, 0.29) is 5.97 Å². The third kappa shape index (κ3) is 19.5. The average molecular weight is 369 g/mol. The fourth-order valence-corrected chi connectivity index (χ4v) is 3.14. The van der Waals surface area contributed by atoms with Crippen LogP contribution in [0.4, 0.5) is 0 Å². The van der Waals surface area contributed by atoms with E-state index < -0.39 is 0 Å². The highest BCUT2D eigenvalue weighted by Crippen LogP contribution is 2.11. The van der Waals surface area contributed by atoms with Crippen LogP contribution < -0.4 is 0 Å². The van der Waals surface area contributed by atoms with Crippen LogP contribution in [-0.4, -0.2) is 18.4 Å². The van der Waals surface area contributed by atoms with Gasteiger partial charge in [-0.15, -0.1) is 0 Å². The Bertz CT molecular complexity index is 293. The van der Waals surface area contributed by atoms with E-state index >= 15 is 0 Å². The molecule has 154 valence electrons. The Labute approximate surface area is 162 Å². The van der Waals surface area contributed by atoms with Crippen LogP contribution in [0, 0.1) is 0 Å². The summed E-state index contributed by atoms with van der Waals surface area (Å²) >= 11 is 0. The average Bonchev–Trinajstić information content (AvgIpc) is 2.64. The standard InChI is InChI=1S/C23H44O3/c1-3-5-7-9-11-12-14-18-22(24)19-15-16-20-23(25)26-21-17-13-10-8-6-4-2/h3-21H2,1-2H3. The minimum Gasteiger partial charge on any atom is -0.466 e. The molecule has 0 fully saturated rings. The van der Waals surface area contributed by atoms with Gasteiger partial charge in [0.1, 0.15) is 5.78 Å². The molecule has 3 heteroatoms. The lowest BCUT2D eigenvalue weighted by atomic mass is 10.0. The lowest BCUT2D eigenvalue weighted by Crippen LogP contribution is -2.06. The number of hydrogen-bond donors (Lipinski definition) is 0. The van der Waals surface area contributed by atoms with Crippen LogP contribution in [0.1, 0.15) is 129 Å².